The van der Waals surface area contributed by atoms with Crippen molar-refractivity contribution in [3.63, 3.8) is 0 Å². The van der Waals surface area contributed by atoms with E-state index >= 15 is 0 Å². The van der Waals surface area contributed by atoms with Gasteiger partial charge in [0.25, 0.3) is 0 Å². The molecule has 0 heterocycles. The zero-order valence-corrected chi connectivity index (χ0v) is 9.59. The monoisotopic (exact) mass is 198 g/mol. The zero-order chi connectivity index (χ0) is 11.3. The largest absolute Gasteiger partial charge is 0.0958 e. The van der Waals surface area contributed by atoms with Gasteiger partial charge >= 0.3 is 0 Å². The highest BCUT2D eigenvalue weighted by molar-refractivity contribution is 5.34. The van der Waals surface area contributed by atoms with E-state index in [-0.39, 0.29) is 0 Å². The third kappa shape index (κ3) is 3.99. The van der Waals surface area contributed by atoms with Crippen LogP contribution in [-0.2, 0) is 6.42 Å². The summed E-state index contributed by atoms with van der Waals surface area (Å²) >= 11 is 0. The van der Waals surface area contributed by atoms with E-state index in [4.69, 9.17) is 0 Å². The fraction of sp³-hybridized carbons (Fsp3) is 0.200. The average molecular weight is 198 g/mol. The van der Waals surface area contributed by atoms with E-state index in [2.05, 4.69) is 50.4 Å². The number of hydrogen-bond acceptors (Lipinski definition) is 0. The van der Waals surface area contributed by atoms with Gasteiger partial charge in [0.1, 0.15) is 0 Å². The second-order valence-electron chi connectivity index (χ2n) is 3.93. The molecule has 1 rings (SSSR count). The van der Waals surface area contributed by atoms with Crippen LogP contribution in [-0.4, -0.2) is 0 Å². The van der Waals surface area contributed by atoms with Gasteiger partial charge in [-0.15, -0.1) is 0 Å². The highest BCUT2D eigenvalue weighted by Crippen LogP contribution is 2.12. The summed E-state index contributed by atoms with van der Waals surface area (Å²) in [6.07, 6.45) is 3.01. The highest BCUT2D eigenvalue weighted by Gasteiger charge is 1.95. The molecule has 0 saturated heterocycles. The Bertz CT molecular complexity index is 380. The normalized spacial score (nSPS) is 11.2. The van der Waals surface area contributed by atoms with Crippen LogP contribution >= 0.6 is 0 Å². The van der Waals surface area contributed by atoms with Gasteiger partial charge < -0.3 is 0 Å². The number of hydrogen-bond donors (Lipinski definition) is 0. The molecule has 0 radical (unpaired) electrons. The molecular formula is C15H18. The van der Waals surface area contributed by atoms with Gasteiger partial charge in [0.05, 0.1) is 0 Å². The lowest BCUT2D eigenvalue weighted by atomic mass is 10.0. The number of benzene rings is 1. The number of allylic oxidation sites excluding steroid dienone is 4. The zero-order valence-electron chi connectivity index (χ0n) is 9.59. The first-order valence-corrected chi connectivity index (χ1v) is 5.15. The van der Waals surface area contributed by atoms with Crippen LogP contribution in [0.4, 0.5) is 0 Å². The number of rotatable bonds is 4. The molecule has 0 aromatic heterocycles. The summed E-state index contributed by atoms with van der Waals surface area (Å²) in [4.78, 5) is 0. The van der Waals surface area contributed by atoms with Crippen molar-refractivity contribution in [2.45, 2.75) is 20.3 Å². The van der Waals surface area contributed by atoms with E-state index in [9.17, 15) is 0 Å². The molecule has 0 aliphatic rings. The second kappa shape index (κ2) is 5.35. The van der Waals surface area contributed by atoms with E-state index in [1.165, 1.54) is 11.1 Å². The fourth-order valence-electron chi connectivity index (χ4n) is 1.34. The maximum absolute atomic E-state index is 4.05. The second-order valence-corrected chi connectivity index (χ2v) is 3.93. The molecule has 0 bridgehead atoms. The summed E-state index contributed by atoms with van der Waals surface area (Å²) in [6, 6.07) is 10.4. The topological polar surface area (TPSA) is 0 Å². The van der Waals surface area contributed by atoms with Crippen LogP contribution in [0.1, 0.15) is 19.4 Å². The van der Waals surface area contributed by atoms with Crippen LogP contribution in [0.5, 0.6) is 0 Å². The van der Waals surface area contributed by atoms with Crippen molar-refractivity contribution in [1.29, 1.82) is 0 Å². The first kappa shape index (κ1) is 11.5. The quantitative estimate of drug-likeness (QED) is 0.632. The van der Waals surface area contributed by atoms with Crippen molar-refractivity contribution in [2.75, 3.05) is 0 Å². The molecule has 0 aliphatic carbocycles. The third-order valence-electron chi connectivity index (χ3n) is 2.37. The minimum atomic E-state index is 0.908. The molecule has 0 N–H and O–H groups in total. The van der Waals surface area contributed by atoms with Crippen LogP contribution in [0.3, 0.4) is 0 Å². The Morgan fingerprint density at radius 3 is 2.27 bits per heavy atom. The molecule has 0 saturated carbocycles. The lowest BCUT2D eigenvalue weighted by Gasteiger charge is -2.03. The van der Waals surface area contributed by atoms with Crippen molar-refractivity contribution >= 4 is 0 Å². The lowest BCUT2D eigenvalue weighted by molar-refractivity contribution is 1.19. The molecule has 0 heteroatoms. The fourth-order valence-corrected chi connectivity index (χ4v) is 1.34. The highest BCUT2D eigenvalue weighted by atomic mass is 14.0. The Hall–Kier alpha value is -1.56. The Labute approximate surface area is 92.6 Å². The predicted octanol–water partition coefficient (Wildman–Crippen LogP) is 4.31. The smallest absolute Gasteiger partial charge is 0.00315 e. The van der Waals surface area contributed by atoms with Crippen LogP contribution in [0, 0.1) is 0 Å². The molecule has 0 amide bonds. The predicted molar refractivity (Wildman–Crippen MR) is 67.9 cm³/mol. The van der Waals surface area contributed by atoms with Crippen LogP contribution in [0.2, 0.25) is 0 Å². The van der Waals surface area contributed by atoms with Crippen LogP contribution in [0.15, 0.2) is 66.3 Å². The van der Waals surface area contributed by atoms with E-state index in [0.717, 1.165) is 17.6 Å². The van der Waals surface area contributed by atoms with E-state index in [1.807, 2.05) is 13.0 Å². The molecule has 0 atom stereocenters. The van der Waals surface area contributed by atoms with E-state index < -0.39 is 0 Å². The van der Waals surface area contributed by atoms with Gasteiger partial charge in [-0.1, -0.05) is 60.7 Å². The molecule has 1 aromatic carbocycles. The van der Waals surface area contributed by atoms with Gasteiger partial charge in [-0.2, -0.15) is 0 Å². The van der Waals surface area contributed by atoms with Crippen molar-refractivity contribution in [2.24, 2.45) is 0 Å². The van der Waals surface area contributed by atoms with E-state index in [1.54, 1.807) is 0 Å². The molecular weight excluding hydrogens is 180 g/mol. The first-order chi connectivity index (χ1) is 7.09. The summed E-state index contributed by atoms with van der Waals surface area (Å²) in [5, 5.41) is 0. The van der Waals surface area contributed by atoms with Crippen molar-refractivity contribution in [1.82, 2.24) is 0 Å². The summed E-state index contributed by atoms with van der Waals surface area (Å²) in [7, 11) is 0. The van der Waals surface area contributed by atoms with E-state index in [0.29, 0.717) is 0 Å². The molecule has 0 aliphatic heterocycles. The standard InChI is InChI=1S/C15H18/c1-12(2)14(4)10-13(3)11-15-8-6-5-7-9-15/h5-10H,1,3,11H2,2,4H3/b14-10-. The summed E-state index contributed by atoms with van der Waals surface area (Å²) < 4.78 is 0. The van der Waals surface area contributed by atoms with Gasteiger partial charge in [0.15, 0.2) is 0 Å². The summed E-state index contributed by atoms with van der Waals surface area (Å²) in [5.74, 6) is 0. The molecule has 15 heavy (non-hydrogen) atoms. The van der Waals surface area contributed by atoms with Gasteiger partial charge in [0, 0.05) is 0 Å². The molecule has 78 valence electrons. The van der Waals surface area contributed by atoms with Crippen LogP contribution < -0.4 is 0 Å². The molecule has 0 nitrogen and oxygen atoms in total. The van der Waals surface area contributed by atoms with Crippen molar-refractivity contribution in [3.05, 3.63) is 71.8 Å². The Balaban J connectivity index is 2.65. The molecule has 0 fully saturated rings. The maximum Gasteiger partial charge on any atom is -0.00315 e. The van der Waals surface area contributed by atoms with Crippen molar-refractivity contribution < 1.29 is 0 Å². The summed E-state index contributed by atoms with van der Waals surface area (Å²) in [6.45, 7) is 12.0. The van der Waals surface area contributed by atoms with Gasteiger partial charge in [-0.05, 0) is 31.4 Å². The Morgan fingerprint density at radius 2 is 1.73 bits per heavy atom. The lowest BCUT2D eigenvalue weighted by Crippen LogP contribution is -1.87. The van der Waals surface area contributed by atoms with Gasteiger partial charge in [-0.3, -0.25) is 0 Å². The van der Waals surface area contributed by atoms with Crippen molar-refractivity contribution in [3.8, 4) is 0 Å². The SMILES string of the molecule is C=C(/C=C(/C)C(=C)C)Cc1ccccc1. The maximum atomic E-state index is 4.05. The molecule has 0 unspecified atom stereocenters. The average Bonchev–Trinajstić information content (AvgIpc) is 2.18. The van der Waals surface area contributed by atoms with Gasteiger partial charge in [0.2, 0.25) is 0 Å². The Kier molecular flexibility index (Phi) is 4.11. The first-order valence-electron chi connectivity index (χ1n) is 5.15. The Morgan fingerprint density at radius 1 is 1.13 bits per heavy atom. The molecule has 1 aromatic rings. The van der Waals surface area contributed by atoms with Crippen LogP contribution in [0.25, 0.3) is 0 Å². The minimum absolute atomic E-state index is 0.908. The van der Waals surface area contributed by atoms with Gasteiger partial charge in [-0.25, -0.2) is 0 Å². The molecule has 0 spiro atoms. The minimum Gasteiger partial charge on any atom is -0.0958 e. The summed E-state index contributed by atoms with van der Waals surface area (Å²) in [5.41, 5.74) is 4.73. The third-order valence-corrected chi connectivity index (χ3v) is 2.37.